The summed E-state index contributed by atoms with van der Waals surface area (Å²) in [5.41, 5.74) is 8.68. The van der Waals surface area contributed by atoms with E-state index in [0.717, 1.165) is 23.9 Å². The number of nitrogens with zero attached hydrogens (tertiary/aromatic N) is 2. The normalized spacial score (nSPS) is 29.9. The second-order valence-corrected chi connectivity index (χ2v) is 6.39. The van der Waals surface area contributed by atoms with Crippen molar-refractivity contribution in [1.29, 1.82) is 0 Å². The molecule has 3 nitrogen and oxygen atoms in total. The van der Waals surface area contributed by atoms with Gasteiger partial charge >= 0.3 is 0 Å². The molecule has 4 rings (SSSR count). The van der Waals surface area contributed by atoms with E-state index in [9.17, 15) is 0 Å². The number of rotatable bonds is 2. The summed E-state index contributed by atoms with van der Waals surface area (Å²) in [6.07, 6.45) is 4.40. The van der Waals surface area contributed by atoms with Crippen LogP contribution in [0.3, 0.4) is 0 Å². The van der Waals surface area contributed by atoms with Crippen molar-refractivity contribution in [3.05, 3.63) is 42.1 Å². The molecule has 0 spiro atoms. The van der Waals surface area contributed by atoms with Crippen molar-refractivity contribution in [2.24, 2.45) is 17.6 Å². The zero-order valence-corrected chi connectivity index (χ0v) is 11.7. The fourth-order valence-electron chi connectivity index (χ4n) is 4.01. The van der Waals surface area contributed by atoms with Crippen LogP contribution < -0.4 is 5.73 Å². The molecule has 1 saturated heterocycles. The molecule has 1 aromatic heterocycles. The van der Waals surface area contributed by atoms with Crippen LogP contribution >= 0.6 is 0 Å². The van der Waals surface area contributed by atoms with Crippen molar-refractivity contribution < 1.29 is 0 Å². The first kappa shape index (κ1) is 12.3. The van der Waals surface area contributed by atoms with Gasteiger partial charge in [0.15, 0.2) is 0 Å². The molecule has 1 aromatic carbocycles. The molecule has 1 saturated carbocycles. The van der Waals surface area contributed by atoms with Crippen molar-refractivity contribution in [2.45, 2.75) is 25.4 Å². The fraction of sp³-hybridized carbons (Fsp3) is 0.471. The summed E-state index contributed by atoms with van der Waals surface area (Å²) in [4.78, 5) is 6.96. The molecule has 104 valence electrons. The van der Waals surface area contributed by atoms with Gasteiger partial charge in [-0.3, -0.25) is 9.88 Å². The summed E-state index contributed by atoms with van der Waals surface area (Å²) in [5.74, 6) is 1.57. The summed E-state index contributed by atoms with van der Waals surface area (Å²) < 4.78 is 0. The van der Waals surface area contributed by atoms with Gasteiger partial charge in [-0.15, -0.1) is 0 Å². The summed E-state index contributed by atoms with van der Waals surface area (Å²) in [6, 6.07) is 11.2. The van der Waals surface area contributed by atoms with Crippen LogP contribution in [0.15, 0.2) is 36.5 Å². The lowest BCUT2D eigenvalue weighted by Crippen LogP contribution is -2.30. The van der Waals surface area contributed by atoms with Crippen LogP contribution in [0, 0.1) is 11.8 Å². The van der Waals surface area contributed by atoms with E-state index in [1.165, 1.54) is 36.9 Å². The molecule has 3 unspecified atom stereocenters. The highest BCUT2D eigenvalue weighted by Crippen LogP contribution is 2.37. The van der Waals surface area contributed by atoms with Crippen LogP contribution in [0.4, 0.5) is 0 Å². The van der Waals surface area contributed by atoms with Crippen LogP contribution in [-0.4, -0.2) is 29.0 Å². The summed E-state index contributed by atoms with van der Waals surface area (Å²) in [5, 5.41) is 1.24. The van der Waals surface area contributed by atoms with Gasteiger partial charge in [0.2, 0.25) is 0 Å². The first-order valence-electron chi connectivity index (χ1n) is 7.61. The minimum atomic E-state index is 0.436. The molecular weight excluding hydrogens is 246 g/mol. The molecule has 3 atom stereocenters. The van der Waals surface area contributed by atoms with Crippen LogP contribution in [0.2, 0.25) is 0 Å². The maximum absolute atomic E-state index is 6.21. The second kappa shape index (κ2) is 4.83. The number of fused-ring (bicyclic) bond motifs is 2. The van der Waals surface area contributed by atoms with E-state index in [2.05, 4.69) is 34.1 Å². The molecule has 1 aliphatic heterocycles. The first-order chi connectivity index (χ1) is 9.79. The maximum atomic E-state index is 6.21. The Morgan fingerprint density at radius 2 is 2.15 bits per heavy atom. The van der Waals surface area contributed by atoms with Crippen molar-refractivity contribution in [2.75, 3.05) is 13.1 Å². The van der Waals surface area contributed by atoms with Gasteiger partial charge in [0.05, 0.1) is 5.52 Å². The number of hydrogen-bond acceptors (Lipinski definition) is 3. The average molecular weight is 267 g/mol. The molecule has 2 aliphatic rings. The monoisotopic (exact) mass is 267 g/mol. The number of nitrogens with two attached hydrogens (primary N) is 1. The molecule has 0 bridgehead atoms. The quantitative estimate of drug-likeness (QED) is 0.908. The number of benzene rings is 1. The Kier molecular flexibility index (Phi) is 2.97. The molecule has 2 aromatic rings. The van der Waals surface area contributed by atoms with Crippen LogP contribution in [0.25, 0.3) is 10.9 Å². The van der Waals surface area contributed by atoms with Crippen molar-refractivity contribution >= 4 is 10.9 Å². The smallest absolute Gasteiger partial charge is 0.0702 e. The third-order valence-corrected chi connectivity index (χ3v) is 5.06. The van der Waals surface area contributed by atoms with Gasteiger partial charge in [0.25, 0.3) is 0 Å². The van der Waals surface area contributed by atoms with Gasteiger partial charge in [-0.25, -0.2) is 0 Å². The lowest BCUT2D eigenvalue weighted by atomic mass is 9.98. The predicted molar refractivity (Wildman–Crippen MR) is 81.2 cm³/mol. The first-order valence-corrected chi connectivity index (χ1v) is 7.61. The minimum absolute atomic E-state index is 0.436. The Morgan fingerprint density at radius 1 is 1.20 bits per heavy atom. The van der Waals surface area contributed by atoms with Gasteiger partial charge < -0.3 is 5.73 Å². The van der Waals surface area contributed by atoms with Crippen LogP contribution in [-0.2, 0) is 6.54 Å². The third kappa shape index (κ3) is 2.11. The number of pyridine rings is 1. The average Bonchev–Trinajstić information content (AvgIpc) is 3.01. The topological polar surface area (TPSA) is 42.1 Å². The molecule has 3 heteroatoms. The van der Waals surface area contributed by atoms with Gasteiger partial charge in [-0.05, 0) is 48.4 Å². The lowest BCUT2D eigenvalue weighted by molar-refractivity contribution is 0.298. The predicted octanol–water partition coefficient (Wildman–Crippen LogP) is 2.40. The van der Waals surface area contributed by atoms with Crippen LogP contribution in [0.1, 0.15) is 18.4 Å². The van der Waals surface area contributed by atoms with Crippen LogP contribution in [0.5, 0.6) is 0 Å². The third-order valence-electron chi connectivity index (χ3n) is 5.06. The maximum Gasteiger partial charge on any atom is 0.0702 e. The highest BCUT2D eigenvalue weighted by molar-refractivity contribution is 5.78. The Hall–Kier alpha value is -1.45. The number of hydrogen-bond donors (Lipinski definition) is 1. The highest BCUT2D eigenvalue weighted by Gasteiger charge is 2.40. The Labute approximate surface area is 119 Å². The van der Waals surface area contributed by atoms with Crippen molar-refractivity contribution in [3.8, 4) is 0 Å². The van der Waals surface area contributed by atoms with E-state index in [-0.39, 0.29) is 0 Å². The van der Waals surface area contributed by atoms with Gasteiger partial charge in [-0.2, -0.15) is 0 Å². The zero-order valence-electron chi connectivity index (χ0n) is 11.7. The van der Waals surface area contributed by atoms with E-state index < -0.39 is 0 Å². The van der Waals surface area contributed by atoms with Gasteiger partial charge in [0, 0.05) is 37.3 Å². The highest BCUT2D eigenvalue weighted by atomic mass is 15.2. The van der Waals surface area contributed by atoms with E-state index in [4.69, 9.17) is 5.73 Å². The molecule has 2 heterocycles. The summed E-state index contributed by atoms with van der Waals surface area (Å²) in [6.45, 7) is 3.45. The van der Waals surface area contributed by atoms with E-state index in [1.807, 2.05) is 12.3 Å². The van der Waals surface area contributed by atoms with E-state index >= 15 is 0 Å². The van der Waals surface area contributed by atoms with Gasteiger partial charge in [0.1, 0.15) is 0 Å². The largest absolute Gasteiger partial charge is 0.327 e. The standard InChI is InChI=1S/C17H21N3/c18-16-5-4-14-10-20(11-15(14)16)9-12-3-6-17-13(8-12)2-1-7-19-17/h1-3,6-8,14-16H,4-5,9-11,18H2. The molecule has 2 fully saturated rings. The summed E-state index contributed by atoms with van der Waals surface area (Å²) >= 11 is 0. The Morgan fingerprint density at radius 3 is 3.05 bits per heavy atom. The summed E-state index contributed by atoms with van der Waals surface area (Å²) in [7, 11) is 0. The molecule has 0 amide bonds. The molecule has 2 N–H and O–H groups in total. The molecule has 20 heavy (non-hydrogen) atoms. The van der Waals surface area contributed by atoms with E-state index in [1.54, 1.807) is 0 Å². The molecule has 0 radical (unpaired) electrons. The fourth-order valence-corrected chi connectivity index (χ4v) is 4.01. The number of aromatic nitrogens is 1. The lowest BCUT2D eigenvalue weighted by Gasteiger charge is -2.18. The minimum Gasteiger partial charge on any atom is -0.327 e. The van der Waals surface area contributed by atoms with Crippen molar-refractivity contribution in [1.82, 2.24) is 9.88 Å². The number of likely N-dealkylation sites (tertiary alicyclic amines) is 1. The second-order valence-electron chi connectivity index (χ2n) is 6.39. The SMILES string of the molecule is NC1CCC2CN(Cc3ccc4ncccc4c3)CC12. The Bertz CT molecular complexity index is 624. The molecular formula is C17H21N3. The Balaban J connectivity index is 1.51. The van der Waals surface area contributed by atoms with Gasteiger partial charge in [-0.1, -0.05) is 12.1 Å². The van der Waals surface area contributed by atoms with E-state index in [0.29, 0.717) is 6.04 Å². The molecule has 1 aliphatic carbocycles. The zero-order chi connectivity index (χ0) is 13.5. The van der Waals surface area contributed by atoms with Crippen molar-refractivity contribution in [3.63, 3.8) is 0 Å².